The lowest BCUT2D eigenvalue weighted by Gasteiger charge is -2.15. The Bertz CT molecular complexity index is 447. The van der Waals surface area contributed by atoms with Crippen molar-refractivity contribution in [3.63, 3.8) is 0 Å². The van der Waals surface area contributed by atoms with Gasteiger partial charge in [0.15, 0.2) is 0 Å². The molecule has 92 valence electrons. The predicted molar refractivity (Wildman–Crippen MR) is 59.7 cm³/mol. The number of amides is 1. The molecule has 0 unspecified atom stereocenters. The molecule has 17 heavy (non-hydrogen) atoms. The zero-order valence-electron chi connectivity index (χ0n) is 9.72. The number of carboxylic acid groups (broad SMARTS) is 1. The van der Waals surface area contributed by atoms with Crippen LogP contribution < -0.4 is 0 Å². The van der Waals surface area contributed by atoms with Crippen LogP contribution >= 0.6 is 0 Å². The Kier molecular flexibility index (Phi) is 3.12. The van der Waals surface area contributed by atoms with Gasteiger partial charge < -0.3 is 10.0 Å². The van der Waals surface area contributed by atoms with E-state index < -0.39 is 5.97 Å². The van der Waals surface area contributed by atoms with Crippen molar-refractivity contribution in [1.29, 1.82) is 0 Å². The van der Waals surface area contributed by atoms with Gasteiger partial charge in [0, 0.05) is 13.1 Å². The van der Waals surface area contributed by atoms with Gasteiger partial charge in [0.25, 0.3) is 0 Å². The number of hydrogen-bond acceptors (Lipinski definition) is 3. The Morgan fingerprint density at radius 1 is 1.41 bits per heavy atom. The molecule has 0 aromatic carbocycles. The van der Waals surface area contributed by atoms with Crippen LogP contribution in [0, 0.1) is 6.92 Å². The number of carboxylic acids is 1. The summed E-state index contributed by atoms with van der Waals surface area (Å²) in [5.74, 6) is -1.01. The van der Waals surface area contributed by atoms with E-state index in [-0.39, 0.29) is 18.0 Å². The Morgan fingerprint density at radius 2 is 2.06 bits per heavy atom. The van der Waals surface area contributed by atoms with Crippen LogP contribution in [-0.4, -0.2) is 44.8 Å². The smallest absolute Gasteiger partial charge is 0.339 e. The van der Waals surface area contributed by atoms with Gasteiger partial charge in [-0.05, 0) is 19.8 Å². The van der Waals surface area contributed by atoms with Crippen LogP contribution in [0.4, 0.5) is 0 Å². The molecule has 6 nitrogen and oxygen atoms in total. The number of aromatic nitrogens is 2. The van der Waals surface area contributed by atoms with Crippen molar-refractivity contribution >= 4 is 11.9 Å². The largest absolute Gasteiger partial charge is 0.478 e. The first-order valence-electron chi connectivity index (χ1n) is 5.63. The average Bonchev–Trinajstić information content (AvgIpc) is 2.89. The second kappa shape index (κ2) is 4.57. The van der Waals surface area contributed by atoms with Crippen molar-refractivity contribution in [2.24, 2.45) is 0 Å². The van der Waals surface area contributed by atoms with Gasteiger partial charge in [-0.1, -0.05) is 0 Å². The molecule has 1 N–H and O–H groups in total. The van der Waals surface area contributed by atoms with E-state index in [9.17, 15) is 9.59 Å². The van der Waals surface area contributed by atoms with E-state index in [1.54, 1.807) is 11.8 Å². The molecule has 6 heteroatoms. The van der Waals surface area contributed by atoms with Gasteiger partial charge in [-0.15, -0.1) is 0 Å². The monoisotopic (exact) mass is 237 g/mol. The zero-order chi connectivity index (χ0) is 12.4. The highest BCUT2D eigenvalue weighted by Crippen LogP contribution is 2.11. The van der Waals surface area contributed by atoms with Crippen molar-refractivity contribution in [2.75, 3.05) is 13.1 Å². The molecule has 0 saturated carbocycles. The zero-order valence-corrected chi connectivity index (χ0v) is 9.72. The molecule has 0 atom stereocenters. The SMILES string of the molecule is Cc1c(C(=O)O)cnn1CC(=O)N1CCCC1. The normalized spacial score (nSPS) is 15.2. The fraction of sp³-hybridized carbons (Fsp3) is 0.545. The number of likely N-dealkylation sites (tertiary alicyclic amines) is 1. The summed E-state index contributed by atoms with van der Waals surface area (Å²) in [7, 11) is 0. The lowest BCUT2D eigenvalue weighted by Crippen LogP contribution is -2.31. The standard InChI is InChI=1S/C11H15N3O3/c1-8-9(11(16)17)6-12-14(8)7-10(15)13-4-2-3-5-13/h6H,2-5,7H2,1H3,(H,16,17). The predicted octanol–water partition coefficient (Wildman–Crippen LogP) is 0.512. The van der Waals surface area contributed by atoms with Crippen LogP contribution in [0.2, 0.25) is 0 Å². The maximum absolute atomic E-state index is 11.9. The van der Waals surface area contributed by atoms with Crippen LogP contribution in [-0.2, 0) is 11.3 Å². The van der Waals surface area contributed by atoms with Crippen LogP contribution in [0.3, 0.4) is 0 Å². The lowest BCUT2D eigenvalue weighted by molar-refractivity contribution is -0.131. The molecule has 0 spiro atoms. The van der Waals surface area contributed by atoms with Crippen LogP contribution in [0.1, 0.15) is 28.9 Å². The molecule has 1 saturated heterocycles. The third kappa shape index (κ3) is 2.30. The van der Waals surface area contributed by atoms with Crippen LogP contribution in [0.5, 0.6) is 0 Å². The van der Waals surface area contributed by atoms with E-state index in [0.717, 1.165) is 25.9 Å². The summed E-state index contributed by atoms with van der Waals surface area (Å²) < 4.78 is 1.45. The maximum Gasteiger partial charge on any atom is 0.339 e. The Balaban J connectivity index is 2.08. The Morgan fingerprint density at radius 3 is 2.59 bits per heavy atom. The van der Waals surface area contributed by atoms with Gasteiger partial charge >= 0.3 is 5.97 Å². The van der Waals surface area contributed by atoms with Gasteiger partial charge in [-0.3, -0.25) is 9.48 Å². The molecule has 0 aliphatic carbocycles. The van der Waals surface area contributed by atoms with Crippen LogP contribution in [0.15, 0.2) is 6.20 Å². The first-order chi connectivity index (χ1) is 8.09. The van der Waals surface area contributed by atoms with Crippen molar-refractivity contribution in [3.05, 3.63) is 17.5 Å². The van der Waals surface area contributed by atoms with Gasteiger partial charge in [0.1, 0.15) is 12.1 Å². The minimum Gasteiger partial charge on any atom is -0.478 e. The minimum absolute atomic E-state index is 0.00522. The van der Waals surface area contributed by atoms with Crippen LogP contribution in [0.25, 0.3) is 0 Å². The maximum atomic E-state index is 11.9. The summed E-state index contributed by atoms with van der Waals surface area (Å²) in [5.41, 5.74) is 0.671. The Labute approximate surface area is 98.8 Å². The van der Waals surface area contributed by atoms with Gasteiger partial charge in [0.05, 0.1) is 11.9 Å². The van der Waals surface area contributed by atoms with E-state index in [1.807, 2.05) is 0 Å². The number of carbonyl (C=O) groups is 2. The molecular weight excluding hydrogens is 222 g/mol. The molecule has 1 aromatic rings. The number of nitrogens with zero attached hydrogens (tertiary/aromatic N) is 3. The summed E-state index contributed by atoms with van der Waals surface area (Å²) in [6, 6.07) is 0. The lowest BCUT2D eigenvalue weighted by atomic mass is 10.3. The van der Waals surface area contributed by atoms with Gasteiger partial charge in [-0.25, -0.2) is 4.79 Å². The first kappa shape index (κ1) is 11.6. The molecule has 2 heterocycles. The molecular formula is C11H15N3O3. The number of hydrogen-bond donors (Lipinski definition) is 1. The fourth-order valence-corrected chi connectivity index (χ4v) is 2.01. The second-order valence-corrected chi connectivity index (χ2v) is 4.19. The van der Waals surface area contributed by atoms with Crippen molar-refractivity contribution in [2.45, 2.75) is 26.3 Å². The van der Waals surface area contributed by atoms with E-state index in [4.69, 9.17) is 5.11 Å². The first-order valence-corrected chi connectivity index (χ1v) is 5.63. The summed E-state index contributed by atoms with van der Waals surface area (Å²) in [5, 5.41) is 12.8. The van der Waals surface area contributed by atoms with E-state index in [0.29, 0.717) is 5.69 Å². The summed E-state index contributed by atoms with van der Waals surface area (Å²) in [4.78, 5) is 24.5. The Hall–Kier alpha value is -1.85. The van der Waals surface area contributed by atoms with Crippen molar-refractivity contribution < 1.29 is 14.7 Å². The fourth-order valence-electron chi connectivity index (χ4n) is 2.01. The highest BCUT2D eigenvalue weighted by atomic mass is 16.4. The molecule has 1 aliphatic rings. The summed E-state index contributed by atoms with van der Waals surface area (Å²) in [6.45, 7) is 3.38. The average molecular weight is 237 g/mol. The second-order valence-electron chi connectivity index (χ2n) is 4.19. The molecule has 1 aromatic heterocycles. The quantitative estimate of drug-likeness (QED) is 0.831. The number of carbonyl (C=O) groups excluding carboxylic acids is 1. The highest BCUT2D eigenvalue weighted by Gasteiger charge is 2.20. The van der Waals surface area contributed by atoms with E-state index in [1.165, 1.54) is 10.9 Å². The van der Waals surface area contributed by atoms with Gasteiger partial charge in [-0.2, -0.15) is 5.10 Å². The summed E-state index contributed by atoms with van der Waals surface area (Å²) in [6.07, 6.45) is 3.38. The van der Waals surface area contributed by atoms with E-state index >= 15 is 0 Å². The molecule has 2 rings (SSSR count). The molecule has 1 amide bonds. The third-order valence-electron chi connectivity index (χ3n) is 3.08. The minimum atomic E-state index is -1.01. The van der Waals surface area contributed by atoms with E-state index in [2.05, 4.69) is 5.10 Å². The molecule has 1 aliphatic heterocycles. The molecule has 0 bridgehead atoms. The summed E-state index contributed by atoms with van der Waals surface area (Å²) >= 11 is 0. The molecule has 1 fully saturated rings. The highest BCUT2D eigenvalue weighted by molar-refractivity contribution is 5.88. The molecule has 0 radical (unpaired) electrons. The number of aromatic carboxylic acids is 1. The van der Waals surface area contributed by atoms with Crippen molar-refractivity contribution in [3.8, 4) is 0 Å². The third-order valence-corrected chi connectivity index (χ3v) is 3.08. The van der Waals surface area contributed by atoms with Crippen molar-refractivity contribution in [1.82, 2.24) is 14.7 Å². The topological polar surface area (TPSA) is 75.4 Å². The number of rotatable bonds is 3. The van der Waals surface area contributed by atoms with Gasteiger partial charge in [0.2, 0.25) is 5.91 Å².